The fourth-order valence-corrected chi connectivity index (χ4v) is 5.53. The molecular formula is C31H43FN4O6. The van der Waals surface area contributed by atoms with Gasteiger partial charge in [-0.15, -0.1) is 0 Å². The maximum absolute atomic E-state index is 14.6. The minimum Gasteiger partial charge on any atom is -0.457 e. The number of urea groups is 1. The van der Waals surface area contributed by atoms with E-state index in [0.717, 1.165) is 13.1 Å². The Morgan fingerprint density at radius 2 is 1.83 bits per heavy atom. The highest BCUT2D eigenvalue weighted by atomic mass is 19.1. The molecule has 0 saturated carbocycles. The van der Waals surface area contributed by atoms with E-state index >= 15 is 0 Å². The molecule has 1 aromatic carbocycles. The lowest BCUT2D eigenvalue weighted by molar-refractivity contribution is -0.151. The van der Waals surface area contributed by atoms with Crippen molar-refractivity contribution < 1.29 is 33.4 Å². The Morgan fingerprint density at radius 3 is 2.52 bits per heavy atom. The number of aliphatic hydroxyl groups excluding tert-OH is 1. The van der Waals surface area contributed by atoms with Gasteiger partial charge in [-0.05, 0) is 68.1 Å². The highest BCUT2D eigenvalue weighted by Gasteiger charge is 2.29. The van der Waals surface area contributed by atoms with Gasteiger partial charge in [-0.2, -0.15) is 0 Å². The number of nitrogens with one attached hydrogen (secondary N) is 1. The Bertz CT molecular complexity index is 1200. The molecular weight excluding hydrogens is 543 g/mol. The monoisotopic (exact) mass is 586 g/mol. The van der Waals surface area contributed by atoms with Crippen LogP contribution in [0.25, 0.3) is 6.08 Å². The number of esters is 1. The molecule has 0 radical (unpaired) electrons. The number of hydrogen-bond donors (Lipinski definition) is 2. The van der Waals surface area contributed by atoms with Crippen LogP contribution >= 0.6 is 0 Å². The fraction of sp³-hybridized carbons (Fsp3) is 0.581. The van der Waals surface area contributed by atoms with Crippen LogP contribution in [0.2, 0.25) is 0 Å². The molecule has 0 aromatic heterocycles. The number of benzene rings is 1. The first-order valence-electron chi connectivity index (χ1n) is 14.7. The van der Waals surface area contributed by atoms with Crippen LogP contribution in [0.5, 0.6) is 0 Å². The van der Waals surface area contributed by atoms with Crippen molar-refractivity contribution in [1.82, 2.24) is 15.1 Å². The molecule has 0 bridgehead atoms. The summed E-state index contributed by atoms with van der Waals surface area (Å²) in [6, 6.07) is 4.10. The van der Waals surface area contributed by atoms with E-state index in [0.29, 0.717) is 55.8 Å². The first kappa shape index (κ1) is 31.5. The van der Waals surface area contributed by atoms with Gasteiger partial charge in [0.1, 0.15) is 18.0 Å². The molecule has 11 heteroatoms. The molecule has 3 heterocycles. The molecule has 2 saturated heterocycles. The molecule has 0 unspecified atom stereocenters. The number of aliphatic hydroxyl groups is 1. The number of hydrogen-bond acceptors (Lipinski definition) is 7. The van der Waals surface area contributed by atoms with Crippen LogP contribution in [0.15, 0.2) is 35.9 Å². The predicted octanol–water partition coefficient (Wildman–Crippen LogP) is 3.80. The van der Waals surface area contributed by atoms with Gasteiger partial charge in [0.15, 0.2) is 0 Å². The van der Waals surface area contributed by atoms with Crippen molar-refractivity contribution in [2.45, 2.75) is 58.3 Å². The number of anilines is 1. The van der Waals surface area contributed by atoms with Crippen LogP contribution in [0.1, 0.15) is 45.6 Å². The number of cyclic esters (lactones) is 1. The van der Waals surface area contributed by atoms with Crippen LogP contribution in [0, 0.1) is 17.7 Å². The van der Waals surface area contributed by atoms with Crippen LogP contribution in [-0.4, -0.2) is 97.6 Å². The van der Waals surface area contributed by atoms with Crippen molar-refractivity contribution in [2.24, 2.45) is 11.8 Å². The number of carbonyl (C=O) groups excluding carboxylic acids is 3. The fourth-order valence-electron chi connectivity index (χ4n) is 5.53. The standard InChI is InChI=1S/C31H43FN4O6/c1-20-5-7-26(37)19-28(38)42-29(21(2)6-8-27(20)41-31(40)35-13-11-34(4)12-14-35)22(3)15-23-16-24(32)18-25(17-23)36-10-9-33-30(36)39/h6,8,15-18,20-21,26-27,29,37H,5,7,9-14,19H2,1-4H3,(H,33,39)/b8-6+,22-15+/t20-,21-,26+,27-,29-/m0/s1. The van der Waals surface area contributed by atoms with Crippen molar-refractivity contribution >= 4 is 29.9 Å². The minimum atomic E-state index is -0.894. The normalized spacial score (nSPS) is 29.3. The van der Waals surface area contributed by atoms with Crippen molar-refractivity contribution in [3.8, 4) is 0 Å². The van der Waals surface area contributed by atoms with Crippen LogP contribution in [0.3, 0.4) is 0 Å². The summed E-state index contributed by atoms with van der Waals surface area (Å²) in [4.78, 5) is 43.3. The molecule has 2 N–H and O–H groups in total. The van der Waals surface area contributed by atoms with E-state index in [-0.39, 0.29) is 30.4 Å². The van der Waals surface area contributed by atoms with Gasteiger partial charge in [-0.25, -0.2) is 14.0 Å². The first-order chi connectivity index (χ1) is 20.0. The zero-order chi connectivity index (χ0) is 30.4. The highest BCUT2D eigenvalue weighted by Crippen LogP contribution is 2.27. The third kappa shape index (κ3) is 8.32. The maximum atomic E-state index is 14.6. The molecule has 5 atom stereocenters. The molecule has 1 aromatic rings. The Kier molecular flexibility index (Phi) is 10.6. The number of carbonyl (C=O) groups is 3. The van der Waals surface area contributed by atoms with Gasteiger partial charge in [0.25, 0.3) is 0 Å². The van der Waals surface area contributed by atoms with E-state index in [1.54, 1.807) is 24.0 Å². The van der Waals surface area contributed by atoms with Gasteiger partial charge in [0, 0.05) is 50.9 Å². The van der Waals surface area contributed by atoms with E-state index in [2.05, 4.69) is 10.2 Å². The number of ether oxygens (including phenoxy) is 2. The number of halogens is 1. The molecule has 3 aliphatic rings. The summed E-state index contributed by atoms with van der Waals surface area (Å²) in [5.41, 5.74) is 1.62. The summed E-state index contributed by atoms with van der Waals surface area (Å²) in [7, 11) is 2.02. The van der Waals surface area contributed by atoms with Gasteiger partial charge < -0.3 is 29.7 Å². The Morgan fingerprint density at radius 1 is 1.10 bits per heavy atom. The predicted molar refractivity (Wildman–Crippen MR) is 157 cm³/mol. The second kappa shape index (κ2) is 14.2. The summed E-state index contributed by atoms with van der Waals surface area (Å²) in [5, 5.41) is 13.3. The highest BCUT2D eigenvalue weighted by molar-refractivity contribution is 5.94. The lowest BCUT2D eigenvalue weighted by Crippen LogP contribution is -2.48. The maximum Gasteiger partial charge on any atom is 0.410 e. The smallest absolute Gasteiger partial charge is 0.410 e. The third-order valence-electron chi connectivity index (χ3n) is 8.17. The molecule has 3 aliphatic heterocycles. The van der Waals surface area contributed by atoms with Crippen molar-refractivity contribution in [1.29, 1.82) is 0 Å². The Balaban J connectivity index is 1.57. The number of nitrogens with zero attached hydrogens (tertiary/aromatic N) is 3. The number of piperazine rings is 1. The van der Waals surface area contributed by atoms with Crippen molar-refractivity contribution in [2.75, 3.05) is 51.2 Å². The zero-order valence-electron chi connectivity index (χ0n) is 24.9. The molecule has 10 nitrogen and oxygen atoms in total. The molecule has 0 spiro atoms. The topological polar surface area (TPSA) is 112 Å². The van der Waals surface area contributed by atoms with Crippen LogP contribution in [0.4, 0.5) is 19.7 Å². The van der Waals surface area contributed by atoms with Crippen molar-refractivity contribution in [3.63, 3.8) is 0 Å². The van der Waals surface area contributed by atoms with Gasteiger partial charge in [-0.3, -0.25) is 9.69 Å². The minimum absolute atomic E-state index is 0.0847. The van der Waals surface area contributed by atoms with E-state index in [9.17, 15) is 23.9 Å². The molecule has 4 rings (SSSR count). The van der Waals surface area contributed by atoms with E-state index in [1.807, 2.05) is 33.0 Å². The van der Waals surface area contributed by atoms with E-state index < -0.39 is 30.1 Å². The van der Waals surface area contributed by atoms with E-state index in [4.69, 9.17) is 9.47 Å². The SMILES string of the molecule is C/C(=C\c1cc(F)cc(N2CCNC2=O)c1)[C@H]1OC(=O)C[C@H](O)CC[C@H](C)[C@@H](OC(=O)N2CCN(C)CC2)/C=C/[C@@H]1C. The summed E-state index contributed by atoms with van der Waals surface area (Å²) in [5.74, 6) is -1.42. The average Bonchev–Trinajstić information content (AvgIpc) is 3.37. The molecule has 2 fully saturated rings. The molecule has 230 valence electrons. The second-order valence-electron chi connectivity index (χ2n) is 11.7. The molecule has 42 heavy (non-hydrogen) atoms. The third-order valence-corrected chi connectivity index (χ3v) is 8.17. The average molecular weight is 587 g/mol. The van der Waals surface area contributed by atoms with Gasteiger partial charge in [0.2, 0.25) is 0 Å². The first-order valence-corrected chi connectivity index (χ1v) is 14.7. The van der Waals surface area contributed by atoms with Gasteiger partial charge >= 0.3 is 18.1 Å². The Hall–Kier alpha value is -3.44. The van der Waals surface area contributed by atoms with Gasteiger partial charge in [0.05, 0.1) is 12.5 Å². The van der Waals surface area contributed by atoms with Crippen LogP contribution < -0.4 is 10.2 Å². The zero-order valence-corrected chi connectivity index (χ0v) is 24.9. The molecule has 3 amide bonds. The second-order valence-corrected chi connectivity index (χ2v) is 11.7. The summed E-state index contributed by atoms with van der Waals surface area (Å²) in [6.45, 7) is 9.35. The lowest BCUT2D eigenvalue weighted by Gasteiger charge is -2.33. The van der Waals surface area contributed by atoms with E-state index in [1.165, 1.54) is 17.0 Å². The summed E-state index contributed by atoms with van der Waals surface area (Å²) < 4.78 is 26.4. The summed E-state index contributed by atoms with van der Waals surface area (Å²) >= 11 is 0. The lowest BCUT2D eigenvalue weighted by atomic mass is 9.91. The van der Waals surface area contributed by atoms with Gasteiger partial charge in [-0.1, -0.05) is 26.0 Å². The van der Waals surface area contributed by atoms with Crippen molar-refractivity contribution in [3.05, 3.63) is 47.3 Å². The number of likely N-dealkylation sites (N-methyl/N-ethyl adjacent to an activating group) is 1. The summed E-state index contributed by atoms with van der Waals surface area (Å²) in [6.07, 6.45) is 3.73. The Labute approximate surface area is 247 Å². The number of rotatable bonds is 4. The largest absolute Gasteiger partial charge is 0.457 e. The quantitative estimate of drug-likeness (QED) is 0.408. The number of amides is 3. The molecule has 0 aliphatic carbocycles. The van der Waals surface area contributed by atoms with Crippen LogP contribution in [-0.2, 0) is 14.3 Å².